The van der Waals surface area contributed by atoms with Gasteiger partial charge in [-0.1, -0.05) is 0 Å². The predicted molar refractivity (Wildman–Crippen MR) is 99.3 cm³/mol. The zero-order valence-corrected chi connectivity index (χ0v) is 15.0. The second-order valence-electron chi connectivity index (χ2n) is 6.56. The molecular formula is C19H24N4O2. The van der Waals surface area contributed by atoms with Gasteiger partial charge in [-0.2, -0.15) is 0 Å². The van der Waals surface area contributed by atoms with Crippen LogP contribution in [0.4, 0.5) is 11.4 Å². The van der Waals surface area contributed by atoms with E-state index in [4.69, 9.17) is 0 Å². The third kappa shape index (κ3) is 4.79. The largest absolute Gasteiger partial charge is 0.378 e. The number of hydrogen-bond donors (Lipinski definition) is 2. The van der Waals surface area contributed by atoms with E-state index in [1.54, 1.807) is 26.2 Å². The first-order chi connectivity index (χ1) is 11.8. The summed E-state index contributed by atoms with van der Waals surface area (Å²) >= 11 is 0. The second kappa shape index (κ2) is 7.79. The molecule has 0 aliphatic carbocycles. The molecule has 2 N–H and O–H groups in total. The lowest BCUT2D eigenvalue weighted by molar-refractivity contribution is -0.138. The maximum absolute atomic E-state index is 12.5. The fraction of sp³-hybridized carbons (Fsp3) is 0.316. The van der Waals surface area contributed by atoms with E-state index in [9.17, 15) is 9.59 Å². The number of pyridine rings is 1. The van der Waals surface area contributed by atoms with Crippen LogP contribution in [0.3, 0.4) is 0 Å². The number of aromatic nitrogens is 1. The SMILES string of the molecule is CN(C)c1ccc(NC(=O)C(C)(C)C(=O)NCc2ccncc2)cc1. The van der Waals surface area contributed by atoms with Gasteiger partial charge in [0.1, 0.15) is 5.41 Å². The minimum absolute atomic E-state index is 0.327. The summed E-state index contributed by atoms with van der Waals surface area (Å²) in [6.45, 7) is 3.58. The van der Waals surface area contributed by atoms with Crippen LogP contribution in [0.2, 0.25) is 0 Å². The Morgan fingerprint density at radius 2 is 1.60 bits per heavy atom. The van der Waals surface area contributed by atoms with Gasteiger partial charge in [0.05, 0.1) is 0 Å². The molecule has 0 aliphatic rings. The lowest BCUT2D eigenvalue weighted by Crippen LogP contribution is -2.44. The molecule has 0 aliphatic heterocycles. The van der Waals surface area contributed by atoms with E-state index in [1.807, 2.05) is 55.4 Å². The fourth-order valence-corrected chi connectivity index (χ4v) is 2.14. The third-order valence-corrected chi connectivity index (χ3v) is 3.98. The van der Waals surface area contributed by atoms with Crippen molar-refractivity contribution >= 4 is 23.2 Å². The molecule has 2 amide bonds. The first-order valence-corrected chi connectivity index (χ1v) is 8.07. The van der Waals surface area contributed by atoms with Crippen molar-refractivity contribution in [1.29, 1.82) is 0 Å². The van der Waals surface area contributed by atoms with Crippen molar-refractivity contribution in [3.63, 3.8) is 0 Å². The summed E-state index contributed by atoms with van der Waals surface area (Å²) in [6.07, 6.45) is 3.33. The van der Waals surface area contributed by atoms with Crippen LogP contribution in [0.25, 0.3) is 0 Å². The van der Waals surface area contributed by atoms with Gasteiger partial charge >= 0.3 is 0 Å². The first kappa shape index (κ1) is 18.4. The molecule has 0 fully saturated rings. The quantitative estimate of drug-likeness (QED) is 0.792. The maximum atomic E-state index is 12.5. The van der Waals surface area contributed by atoms with Crippen molar-refractivity contribution in [2.75, 3.05) is 24.3 Å². The predicted octanol–water partition coefficient (Wildman–Crippen LogP) is 2.43. The van der Waals surface area contributed by atoms with Crippen LogP contribution in [0.15, 0.2) is 48.8 Å². The van der Waals surface area contributed by atoms with E-state index >= 15 is 0 Å². The van der Waals surface area contributed by atoms with E-state index in [0.29, 0.717) is 12.2 Å². The summed E-state index contributed by atoms with van der Waals surface area (Å²) < 4.78 is 0. The first-order valence-electron chi connectivity index (χ1n) is 8.07. The topological polar surface area (TPSA) is 74.3 Å². The van der Waals surface area contributed by atoms with E-state index in [1.165, 1.54) is 0 Å². The Labute approximate surface area is 148 Å². The monoisotopic (exact) mass is 340 g/mol. The molecule has 0 bridgehead atoms. The summed E-state index contributed by atoms with van der Waals surface area (Å²) in [5.74, 6) is -0.677. The van der Waals surface area contributed by atoms with Crippen molar-refractivity contribution in [3.05, 3.63) is 54.4 Å². The normalized spacial score (nSPS) is 10.9. The molecule has 1 aromatic heterocycles. The Balaban J connectivity index is 1.97. The van der Waals surface area contributed by atoms with Crippen molar-refractivity contribution in [2.24, 2.45) is 5.41 Å². The van der Waals surface area contributed by atoms with Gasteiger partial charge < -0.3 is 15.5 Å². The molecule has 0 spiro atoms. The Kier molecular flexibility index (Phi) is 5.75. The highest BCUT2D eigenvalue weighted by Gasteiger charge is 2.35. The third-order valence-electron chi connectivity index (χ3n) is 3.98. The summed E-state index contributed by atoms with van der Waals surface area (Å²) in [7, 11) is 3.90. The Morgan fingerprint density at radius 3 is 2.16 bits per heavy atom. The average molecular weight is 340 g/mol. The van der Waals surface area contributed by atoms with Crippen LogP contribution < -0.4 is 15.5 Å². The number of nitrogens with one attached hydrogen (secondary N) is 2. The minimum Gasteiger partial charge on any atom is -0.378 e. The van der Waals surface area contributed by atoms with Gasteiger partial charge in [0.15, 0.2) is 0 Å². The Bertz CT molecular complexity index is 725. The van der Waals surface area contributed by atoms with Crippen LogP contribution in [0, 0.1) is 5.41 Å². The second-order valence-corrected chi connectivity index (χ2v) is 6.56. The molecular weight excluding hydrogens is 316 g/mol. The minimum atomic E-state index is -1.19. The molecule has 25 heavy (non-hydrogen) atoms. The molecule has 0 saturated carbocycles. The van der Waals surface area contributed by atoms with Crippen LogP contribution in [0.5, 0.6) is 0 Å². The van der Waals surface area contributed by atoms with Crippen molar-refractivity contribution in [2.45, 2.75) is 20.4 Å². The molecule has 0 saturated heterocycles. The summed E-state index contributed by atoms with van der Waals surface area (Å²) in [5, 5.41) is 5.59. The number of carbonyl (C=O) groups excluding carboxylic acids is 2. The zero-order valence-electron chi connectivity index (χ0n) is 15.0. The number of anilines is 2. The molecule has 6 heteroatoms. The highest BCUT2D eigenvalue weighted by molar-refractivity contribution is 6.09. The smallest absolute Gasteiger partial charge is 0.239 e. The molecule has 132 valence electrons. The standard InChI is InChI=1S/C19H24N4O2/c1-19(2,17(24)21-13-14-9-11-20-12-10-14)18(25)22-15-5-7-16(8-6-15)23(3)4/h5-12H,13H2,1-4H3,(H,21,24)(H,22,25). The molecule has 2 aromatic rings. The van der Waals surface area contributed by atoms with E-state index in [0.717, 1.165) is 11.3 Å². The molecule has 0 atom stereocenters. The molecule has 1 heterocycles. The Morgan fingerprint density at radius 1 is 1.00 bits per heavy atom. The van der Waals surface area contributed by atoms with Gasteiger partial charge in [0.25, 0.3) is 0 Å². The van der Waals surface area contributed by atoms with Crippen LogP contribution >= 0.6 is 0 Å². The molecule has 0 radical (unpaired) electrons. The average Bonchev–Trinajstić information content (AvgIpc) is 2.60. The lowest BCUT2D eigenvalue weighted by Gasteiger charge is -2.23. The van der Waals surface area contributed by atoms with Crippen molar-refractivity contribution < 1.29 is 9.59 Å². The van der Waals surface area contributed by atoms with E-state index in [2.05, 4.69) is 15.6 Å². The molecule has 0 unspecified atom stereocenters. The van der Waals surface area contributed by atoms with Gasteiger partial charge in [0, 0.05) is 44.4 Å². The number of nitrogens with zero attached hydrogens (tertiary/aromatic N) is 2. The molecule has 6 nitrogen and oxygen atoms in total. The lowest BCUT2D eigenvalue weighted by atomic mass is 9.91. The number of benzene rings is 1. The maximum Gasteiger partial charge on any atom is 0.239 e. The number of rotatable bonds is 6. The van der Waals surface area contributed by atoms with E-state index < -0.39 is 5.41 Å². The van der Waals surface area contributed by atoms with Crippen LogP contribution in [-0.2, 0) is 16.1 Å². The summed E-state index contributed by atoms with van der Waals surface area (Å²) in [4.78, 5) is 30.8. The summed E-state index contributed by atoms with van der Waals surface area (Å²) in [6, 6.07) is 11.1. The highest BCUT2D eigenvalue weighted by atomic mass is 16.2. The number of carbonyl (C=O) groups is 2. The van der Waals surface area contributed by atoms with Gasteiger partial charge in [-0.15, -0.1) is 0 Å². The highest BCUT2D eigenvalue weighted by Crippen LogP contribution is 2.21. The van der Waals surface area contributed by atoms with Crippen molar-refractivity contribution in [1.82, 2.24) is 10.3 Å². The molecule has 2 rings (SSSR count). The molecule has 1 aromatic carbocycles. The van der Waals surface area contributed by atoms with E-state index in [-0.39, 0.29) is 11.8 Å². The fourth-order valence-electron chi connectivity index (χ4n) is 2.14. The van der Waals surface area contributed by atoms with Gasteiger partial charge in [-0.05, 0) is 55.8 Å². The van der Waals surface area contributed by atoms with Gasteiger partial charge in [-0.25, -0.2) is 0 Å². The van der Waals surface area contributed by atoms with Crippen LogP contribution in [0.1, 0.15) is 19.4 Å². The van der Waals surface area contributed by atoms with Crippen LogP contribution in [-0.4, -0.2) is 30.9 Å². The Hall–Kier alpha value is -2.89. The summed E-state index contributed by atoms with van der Waals surface area (Å²) in [5.41, 5.74) is 1.43. The number of hydrogen-bond acceptors (Lipinski definition) is 4. The van der Waals surface area contributed by atoms with Crippen molar-refractivity contribution in [3.8, 4) is 0 Å². The van der Waals surface area contributed by atoms with Gasteiger partial charge in [0.2, 0.25) is 11.8 Å². The zero-order chi connectivity index (χ0) is 18.4. The number of amides is 2. The van der Waals surface area contributed by atoms with Gasteiger partial charge in [-0.3, -0.25) is 14.6 Å².